The lowest BCUT2D eigenvalue weighted by Gasteiger charge is -2.32. The molecule has 1 aliphatic heterocycles. The van der Waals surface area contributed by atoms with E-state index in [-0.39, 0.29) is 30.4 Å². The van der Waals surface area contributed by atoms with Crippen molar-refractivity contribution in [2.24, 2.45) is 0 Å². The van der Waals surface area contributed by atoms with E-state index in [0.717, 1.165) is 30.9 Å². The van der Waals surface area contributed by atoms with Gasteiger partial charge in [0.25, 0.3) is 0 Å². The Hall–Kier alpha value is -3.02. The van der Waals surface area contributed by atoms with E-state index in [9.17, 15) is 9.59 Å². The third-order valence-corrected chi connectivity index (χ3v) is 5.14. The minimum atomic E-state index is 0.0148. The third-order valence-electron chi connectivity index (χ3n) is 5.14. The number of hydrogen-bond donors (Lipinski definition) is 0. The van der Waals surface area contributed by atoms with Crippen molar-refractivity contribution in [3.8, 4) is 0 Å². The molecule has 1 atom stereocenters. The summed E-state index contributed by atoms with van der Waals surface area (Å²) in [5.74, 6) is 1.13. The van der Waals surface area contributed by atoms with Crippen molar-refractivity contribution in [2.45, 2.75) is 31.6 Å². The fraction of sp³-hybridized carbons (Fsp3) is 0.333. The zero-order valence-corrected chi connectivity index (χ0v) is 15.1. The highest BCUT2D eigenvalue weighted by atomic mass is 16.2. The lowest BCUT2D eigenvalue weighted by molar-refractivity contribution is -0.132. The summed E-state index contributed by atoms with van der Waals surface area (Å²) in [5, 5.41) is 8.57. The summed E-state index contributed by atoms with van der Waals surface area (Å²) in [6, 6.07) is 15.0. The first-order chi connectivity index (χ1) is 13.2. The molecule has 1 aromatic carbocycles. The van der Waals surface area contributed by atoms with Crippen LogP contribution in [0.2, 0.25) is 0 Å². The highest BCUT2D eigenvalue weighted by molar-refractivity contribution is 5.97. The molecule has 0 saturated carbocycles. The summed E-state index contributed by atoms with van der Waals surface area (Å²) < 4.78 is 2.00. The van der Waals surface area contributed by atoms with Crippen LogP contribution in [0.4, 0.5) is 0 Å². The zero-order valence-electron chi connectivity index (χ0n) is 15.1. The van der Waals surface area contributed by atoms with Crippen LogP contribution in [-0.4, -0.2) is 44.3 Å². The lowest BCUT2D eigenvalue weighted by atomic mass is 9.96. The Balaban J connectivity index is 1.39. The van der Waals surface area contributed by atoms with Crippen molar-refractivity contribution in [3.63, 3.8) is 0 Å². The predicted molar refractivity (Wildman–Crippen MR) is 102 cm³/mol. The van der Waals surface area contributed by atoms with Gasteiger partial charge in [-0.25, -0.2) is 0 Å². The smallest absolute Gasteiger partial charge is 0.223 e. The second kappa shape index (κ2) is 7.70. The van der Waals surface area contributed by atoms with Gasteiger partial charge in [-0.05, 0) is 25.0 Å². The number of fused-ring (bicyclic) bond motifs is 1. The van der Waals surface area contributed by atoms with Crippen LogP contribution in [0.1, 0.15) is 47.8 Å². The molecule has 0 unspecified atom stereocenters. The van der Waals surface area contributed by atoms with Crippen LogP contribution in [0.5, 0.6) is 0 Å². The third kappa shape index (κ3) is 3.74. The van der Waals surface area contributed by atoms with Gasteiger partial charge in [0.1, 0.15) is 5.82 Å². The fourth-order valence-electron chi connectivity index (χ4n) is 3.70. The van der Waals surface area contributed by atoms with Gasteiger partial charge in [0.2, 0.25) is 5.91 Å². The first-order valence-corrected chi connectivity index (χ1v) is 9.38. The zero-order chi connectivity index (χ0) is 18.6. The van der Waals surface area contributed by atoms with E-state index in [4.69, 9.17) is 0 Å². The van der Waals surface area contributed by atoms with Crippen LogP contribution in [0.3, 0.4) is 0 Å². The van der Waals surface area contributed by atoms with Gasteiger partial charge < -0.3 is 4.90 Å². The highest BCUT2D eigenvalue weighted by Gasteiger charge is 2.28. The number of rotatable bonds is 5. The van der Waals surface area contributed by atoms with E-state index < -0.39 is 0 Å². The first kappa shape index (κ1) is 17.4. The number of aromatic nitrogens is 3. The van der Waals surface area contributed by atoms with Gasteiger partial charge in [0.05, 0.1) is 0 Å². The molecule has 0 N–H and O–H groups in total. The molecule has 0 aliphatic carbocycles. The summed E-state index contributed by atoms with van der Waals surface area (Å²) in [7, 11) is 0. The standard InChI is InChI=1S/C21H22N4O2/c26-18(16-7-2-1-3-8-16)11-12-20(27)24-13-6-9-17(15-24)21-23-22-19-10-4-5-14-25(19)21/h1-5,7-8,10,14,17H,6,9,11-13,15H2/t17-/m1/s1. The molecule has 6 heteroatoms. The molecule has 1 fully saturated rings. The number of carbonyl (C=O) groups excluding carboxylic acids is 2. The second-order valence-electron chi connectivity index (χ2n) is 6.96. The number of ketones is 1. The molecule has 0 spiro atoms. The van der Waals surface area contributed by atoms with Gasteiger partial charge in [-0.2, -0.15) is 0 Å². The molecular weight excluding hydrogens is 340 g/mol. The minimum Gasteiger partial charge on any atom is -0.342 e. The molecule has 6 nitrogen and oxygen atoms in total. The van der Waals surface area contributed by atoms with Crippen LogP contribution >= 0.6 is 0 Å². The van der Waals surface area contributed by atoms with Crippen LogP contribution in [-0.2, 0) is 4.79 Å². The molecule has 3 heterocycles. The Morgan fingerprint density at radius 2 is 1.81 bits per heavy atom. The molecule has 3 aromatic rings. The van der Waals surface area contributed by atoms with Crippen molar-refractivity contribution in [3.05, 3.63) is 66.1 Å². The van der Waals surface area contributed by atoms with Gasteiger partial charge in [-0.15, -0.1) is 10.2 Å². The molecule has 1 amide bonds. The Bertz CT molecular complexity index is 951. The Morgan fingerprint density at radius 1 is 1.00 bits per heavy atom. The number of likely N-dealkylation sites (tertiary alicyclic amines) is 1. The largest absolute Gasteiger partial charge is 0.342 e. The van der Waals surface area contributed by atoms with Gasteiger partial charge >= 0.3 is 0 Å². The molecule has 4 rings (SSSR count). The Morgan fingerprint density at radius 3 is 2.67 bits per heavy atom. The van der Waals surface area contributed by atoms with Crippen LogP contribution in [0.15, 0.2) is 54.7 Å². The fourth-order valence-corrected chi connectivity index (χ4v) is 3.70. The van der Waals surface area contributed by atoms with Crippen molar-refractivity contribution < 1.29 is 9.59 Å². The Kier molecular flexibility index (Phi) is 4.96. The normalized spacial score (nSPS) is 17.2. The quantitative estimate of drug-likeness (QED) is 0.654. The molecule has 1 aliphatic rings. The van der Waals surface area contributed by atoms with E-state index in [1.807, 2.05) is 51.9 Å². The molecular formula is C21H22N4O2. The summed E-state index contributed by atoms with van der Waals surface area (Å²) in [5.41, 5.74) is 1.49. The number of nitrogens with zero attached hydrogens (tertiary/aromatic N) is 4. The van der Waals surface area contributed by atoms with Gasteiger partial charge in [0.15, 0.2) is 11.4 Å². The lowest BCUT2D eigenvalue weighted by Crippen LogP contribution is -2.39. The predicted octanol–water partition coefficient (Wildman–Crippen LogP) is 3.10. The second-order valence-corrected chi connectivity index (χ2v) is 6.96. The monoisotopic (exact) mass is 362 g/mol. The Labute approximate surface area is 157 Å². The number of benzene rings is 1. The molecule has 0 radical (unpaired) electrons. The van der Waals surface area contributed by atoms with Gasteiger partial charge in [-0.3, -0.25) is 14.0 Å². The molecule has 1 saturated heterocycles. The maximum atomic E-state index is 12.6. The summed E-state index contributed by atoms with van der Waals surface area (Å²) in [6.07, 6.45) is 4.38. The molecule has 27 heavy (non-hydrogen) atoms. The minimum absolute atomic E-state index is 0.0148. The van der Waals surface area contributed by atoms with Crippen molar-refractivity contribution >= 4 is 17.3 Å². The van der Waals surface area contributed by atoms with Gasteiger partial charge in [-0.1, -0.05) is 36.4 Å². The topological polar surface area (TPSA) is 67.6 Å². The average Bonchev–Trinajstić information content (AvgIpc) is 3.16. The summed E-state index contributed by atoms with van der Waals surface area (Å²) >= 11 is 0. The number of piperidine rings is 1. The molecule has 2 aromatic heterocycles. The first-order valence-electron chi connectivity index (χ1n) is 9.38. The summed E-state index contributed by atoms with van der Waals surface area (Å²) in [6.45, 7) is 1.37. The van der Waals surface area contributed by atoms with Crippen molar-refractivity contribution in [1.82, 2.24) is 19.5 Å². The maximum Gasteiger partial charge on any atom is 0.223 e. The van der Waals surface area contributed by atoms with Crippen molar-refractivity contribution in [2.75, 3.05) is 13.1 Å². The number of pyridine rings is 1. The highest BCUT2D eigenvalue weighted by Crippen LogP contribution is 2.26. The van der Waals surface area contributed by atoms with Gasteiger partial charge in [0, 0.05) is 43.6 Å². The van der Waals surface area contributed by atoms with Crippen molar-refractivity contribution in [1.29, 1.82) is 0 Å². The van der Waals surface area contributed by atoms with E-state index in [0.29, 0.717) is 12.1 Å². The van der Waals surface area contributed by atoms with E-state index >= 15 is 0 Å². The number of amides is 1. The van der Waals surface area contributed by atoms with E-state index in [2.05, 4.69) is 10.2 Å². The van der Waals surface area contributed by atoms with E-state index in [1.165, 1.54) is 0 Å². The maximum absolute atomic E-state index is 12.6. The number of carbonyl (C=O) groups is 2. The van der Waals surface area contributed by atoms with E-state index in [1.54, 1.807) is 12.1 Å². The average molecular weight is 362 g/mol. The molecule has 0 bridgehead atoms. The number of Topliss-reactive ketones (excluding diaryl/α,β-unsaturated/α-hetero) is 1. The SMILES string of the molecule is O=C(CCC(=O)N1CCC[C@@H](c2nnc3ccccn23)C1)c1ccccc1. The molecule has 138 valence electrons. The summed E-state index contributed by atoms with van der Waals surface area (Å²) in [4.78, 5) is 26.8. The van der Waals surface area contributed by atoms with Crippen LogP contribution in [0, 0.1) is 0 Å². The van der Waals surface area contributed by atoms with Crippen LogP contribution < -0.4 is 0 Å². The van der Waals surface area contributed by atoms with Crippen LogP contribution in [0.25, 0.3) is 5.65 Å². The number of hydrogen-bond acceptors (Lipinski definition) is 4.